The summed E-state index contributed by atoms with van der Waals surface area (Å²) in [6.07, 6.45) is 5.66. The van der Waals surface area contributed by atoms with Crippen LogP contribution >= 0.6 is 34.8 Å². The van der Waals surface area contributed by atoms with Crippen molar-refractivity contribution < 1.29 is 0 Å². The SMILES string of the molecule is Cc1c(Cl)ccc2c1N[C@H](c1ccc(Cl)c(Cl)c1)[C@H]1CC=C[C@@H]21. The summed E-state index contributed by atoms with van der Waals surface area (Å²) < 4.78 is 0. The predicted octanol–water partition coefficient (Wildman–Crippen LogP) is 6.78. The third-order valence-electron chi connectivity index (χ3n) is 5.03. The minimum Gasteiger partial charge on any atom is -0.377 e. The van der Waals surface area contributed by atoms with Crippen LogP contribution in [0.2, 0.25) is 15.1 Å². The average molecular weight is 365 g/mol. The molecule has 0 saturated heterocycles. The van der Waals surface area contributed by atoms with E-state index in [0.29, 0.717) is 21.9 Å². The molecule has 1 N–H and O–H groups in total. The van der Waals surface area contributed by atoms with Crippen LogP contribution in [0.15, 0.2) is 42.5 Å². The maximum absolute atomic E-state index is 6.33. The molecule has 118 valence electrons. The number of anilines is 1. The Kier molecular flexibility index (Phi) is 3.84. The van der Waals surface area contributed by atoms with Gasteiger partial charge in [0.25, 0.3) is 0 Å². The van der Waals surface area contributed by atoms with Crippen molar-refractivity contribution in [1.29, 1.82) is 0 Å². The van der Waals surface area contributed by atoms with Crippen LogP contribution in [0, 0.1) is 12.8 Å². The first kappa shape index (κ1) is 15.4. The number of halogens is 3. The molecule has 0 aromatic heterocycles. The van der Waals surface area contributed by atoms with Crippen molar-refractivity contribution >= 4 is 40.5 Å². The molecule has 1 aliphatic carbocycles. The second-order valence-corrected chi connectivity index (χ2v) is 7.51. The van der Waals surface area contributed by atoms with Gasteiger partial charge in [0.2, 0.25) is 0 Å². The molecule has 3 atom stereocenters. The fraction of sp³-hybridized carbons (Fsp3) is 0.263. The van der Waals surface area contributed by atoms with Gasteiger partial charge in [-0.05, 0) is 54.2 Å². The Bertz CT molecular complexity index is 813. The molecule has 1 aliphatic heterocycles. The molecular weight excluding hydrogens is 349 g/mol. The number of allylic oxidation sites excluding steroid dienone is 2. The zero-order valence-electron chi connectivity index (χ0n) is 12.6. The lowest BCUT2D eigenvalue weighted by Gasteiger charge is -2.38. The van der Waals surface area contributed by atoms with E-state index in [0.717, 1.165) is 22.7 Å². The Labute approximate surface area is 151 Å². The first-order valence-corrected chi connectivity index (χ1v) is 8.87. The summed E-state index contributed by atoms with van der Waals surface area (Å²) in [5, 5.41) is 5.70. The normalized spacial score (nSPS) is 25.0. The van der Waals surface area contributed by atoms with Gasteiger partial charge < -0.3 is 5.32 Å². The number of fused-ring (bicyclic) bond motifs is 3. The number of hydrogen-bond donors (Lipinski definition) is 1. The van der Waals surface area contributed by atoms with Gasteiger partial charge in [-0.1, -0.05) is 59.1 Å². The summed E-state index contributed by atoms with van der Waals surface area (Å²) in [4.78, 5) is 0. The minimum atomic E-state index is 0.203. The van der Waals surface area contributed by atoms with Crippen molar-refractivity contribution in [3.05, 3.63) is 74.2 Å². The first-order valence-electron chi connectivity index (χ1n) is 7.73. The fourth-order valence-electron chi connectivity index (χ4n) is 3.82. The second-order valence-electron chi connectivity index (χ2n) is 6.29. The summed E-state index contributed by atoms with van der Waals surface area (Å²) in [6, 6.07) is 10.3. The van der Waals surface area contributed by atoms with Crippen molar-refractivity contribution in [3.8, 4) is 0 Å². The van der Waals surface area contributed by atoms with Gasteiger partial charge in [-0.15, -0.1) is 0 Å². The van der Waals surface area contributed by atoms with E-state index in [-0.39, 0.29) is 6.04 Å². The second kappa shape index (κ2) is 5.73. The van der Waals surface area contributed by atoms with Gasteiger partial charge in [0.05, 0.1) is 16.1 Å². The highest BCUT2D eigenvalue weighted by Crippen LogP contribution is 2.51. The zero-order valence-corrected chi connectivity index (χ0v) is 14.9. The molecule has 1 heterocycles. The smallest absolute Gasteiger partial charge is 0.0595 e. The summed E-state index contributed by atoms with van der Waals surface area (Å²) in [6.45, 7) is 2.07. The zero-order chi connectivity index (χ0) is 16.1. The monoisotopic (exact) mass is 363 g/mol. The first-order chi connectivity index (χ1) is 11.1. The molecule has 0 fully saturated rings. The van der Waals surface area contributed by atoms with Crippen LogP contribution in [0.25, 0.3) is 0 Å². The maximum Gasteiger partial charge on any atom is 0.0595 e. The highest BCUT2D eigenvalue weighted by atomic mass is 35.5. The van der Waals surface area contributed by atoms with E-state index >= 15 is 0 Å². The molecule has 4 heteroatoms. The van der Waals surface area contributed by atoms with E-state index < -0.39 is 0 Å². The van der Waals surface area contributed by atoms with E-state index in [1.807, 2.05) is 18.2 Å². The van der Waals surface area contributed by atoms with Crippen molar-refractivity contribution in [1.82, 2.24) is 0 Å². The van der Waals surface area contributed by atoms with Gasteiger partial charge in [0.1, 0.15) is 0 Å². The van der Waals surface area contributed by atoms with Gasteiger partial charge in [0, 0.05) is 16.6 Å². The van der Waals surface area contributed by atoms with Crippen LogP contribution in [0.4, 0.5) is 5.69 Å². The van der Waals surface area contributed by atoms with E-state index in [4.69, 9.17) is 34.8 Å². The van der Waals surface area contributed by atoms with Crippen molar-refractivity contribution in [2.24, 2.45) is 5.92 Å². The summed E-state index contributed by atoms with van der Waals surface area (Å²) in [5.74, 6) is 0.905. The molecule has 0 unspecified atom stereocenters. The summed E-state index contributed by atoms with van der Waals surface area (Å²) >= 11 is 18.6. The summed E-state index contributed by atoms with van der Waals surface area (Å²) in [5.41, 5.74) is 4.76. The molecule has 0 spiro atoms. The lowest BCUT2D eigenvalue weighted by molar-refractivity contribution is 0.425. The standard InChI is InChI=1S/C19H16Cl3N/c1-10-15(20)8-6-14-12-3-2-4-13(12)19(23-18(10)14)11-5-7-16(21)17(22)9-11/h2-3,5-9,12-13,19,23H,4H2,1H3/t12-,13+,19-/m1/s1. The van der Waals surface area contributed by atoms with Gasteiger partial charge in [-0.2, -0.15) is 0 Å². The van der Waals surface area contributed by atoms with Crippen molar-refractivity contribution in [2.45, 2.75) is 25.3 Å². The van der Waals surface area contributed by atoms with Gasteiger partial charge in [0.15, 0.2) is 0 Å². The lowest BCUT2D eigenvalue weighted by Crippen LogP contribution is -2.29. The van der Waals surface area contributed by atoms with E-state index in [9.17, 15) is 0 Å². The van der Waals surface area contributed by atoms with Gasteiger partial charge in [-0.25, -0.2) is 0 Å². The van der Waals surface area contributed by atoms with E-state index in [1.54, 1.807) is 0 Å². The molecule has 2 aromatic rings. The molecule has 2 aliphatic rings. The van der Waals surface area contributed by atoms with Crippen molar-refractivity contribution in [3.63, 3.8) is 0 Å². The predicted molar refractivity (Wildman–Crippen MR) is 99.0 cm³/mol. The molecular formula is C19H16Cl3N. The quantitative estimate of drug-likeness (QED) is 0.550. The van der Waals surface area contributed by atoms with Crippen LogP contribution < -0.4 is 5.32 Å². The number of rotatable bonds is 1. The largest absolute Gasteiger partial charge is 0.377 e. The van der Waals surface area contributed by atoms with Crippen LogP contribution in [0.3, 0.4) is 0 Å². The summed E-state index contributed by atoms with van der Waals surface area (Å²) in [7, 11) is 0. The molecule has 0 amide bonds. The van der Waals surface area contributed by atoms with Gasteiger partial charge >= 0.3 is 0 Å². The highest BCUT2D eigenvalue weighted by Gasteiger charge is 2.38. The van der Waals surface area contributed by atoms with Gasteiger partial charge in [-0.3, -0.25) is 0 Å². The van der Waals surface area contributed by atoms with Crippen LogP contribution in [-0.2, 0) is 0 Å². The average Bonchev–Trinajstić information content (AvgIpc) is 3.02. The topological polar surface area (TPSA) is 12.0 Å². The Morgan fingerprint density at radius 2 is 1.78 bits per heavy atom. The molecule has 0 bridgehead atoms. The number of hydrogen-bond acceptors (Lipinski definition) is 1. The Hall–Kier alpha value is -1.15. The van der Waals surface area contributed by atoms with Crippen LogP contribution in [0.5, 0.6) is 0 Å². The molecule has 1 nitrogen and oxygen atoms in total. The van der Waals surface area contributed by atoms with E-state index in [2.05, 4.69) is 36.5 Å². The van der Waals surface area contributed by atoms with Crippen LogP contribution in [-0.4, -0.2) is 0 Å². The molecule has 0 radical (unpaired) electrons. The molecule has 23 heavy (non-hydrogen) atoms. The number of benzene rings is 2. The third kappa shape index (κ3) is 2.46. The Morgan fingerprint density at radius 3 is 2.57 bits per heavy atom. The molecule has 0 saturated carbocycles. The van der Waals surface area contributed by atoms with Crippen LogP contribution in [0.1, 0.15) is 35.1 Å². The lowest BCUT2D eigenvalue weighted by atomic mass is 9.76. The highest BCUT2D eigenvalue weighted by molar-refractivity contribution is 6.42. The Morgan fingerprint density at radius 1 is 1.00 bits per heavy atom. The Balaban J connectivity index is 1.83. The van der Waals surface area contributed by atoms with E-state index in [1.165, 1.54) is 11.1 Å². The minimum absolute atomic E-state index is 0.203. The molecule has 2 aromatic carbocycles. The number of nitrogens with one attached hydrogen (secondary N) is 1. The van der Waals surface area contributed by atoms with Crippen molar-refractivity contribution in [2.75, 3.05) is 5.32 Å². The molecule has 4 rings (SSSR count). The third-order valence-corrected chi connectivity index (χ3v) is 6.18. The fourth-order valence-corrected chi connectivity index (χ4v) is 4.29. The maximum atomic E-state index is 6.33.